The third kappa shape index (κ3) is 39.4. The average molecular weight is 218 g/mol. The van der Waals surface area contributed by atoms with Gasteiger partial charge in [0.1, 0.15) is 5.78 Å². The Labute approximate surface area is 87.6 Å². The minimum Gasteiger partial charge on any atom is -0.542 e. The molecular formula is C7H13O2Y-. The molecular weight excluding hydrogens is 205 g/mol. The van der Waals surface area contributed by atoms with E-state index in [1.165, 1.54) is 0 Å². The molecule has 0 aliphatic carbocycles. The summed E-state index contributed by atoms with van der Waals surface area (Å²) in [5.74, 6) is 0.255. The molecule has 0 heterocycles. The second-order valence-electron chi connectivity index (χ2n) is 1.55. The van der Waals surface area contributed by atoms with E-state index in [-0.39, 0.29) is 38.5 Å². The van der Waals surface area contributed by atoms with Crippen LogP contribution in [0.25, 0.3) is 0 Å². The molecule has 10 heavy (non-hydrogen) atoms. The molecule has 0 rings (SSSR count). The third-order valence-electron chi connectivity index (χ3n) is 0.642. The molecule has 0 saturated heterocycles. The van der Waals surface area contributed by atoms with Crippen molar-refractivity contribution in [2.24, 2.45) is 0 Å². The number of carbonyl (C=O) groups excluding carboxylic acids is 2. The first kappa shape index (κ1) is 16.8. The summed E-state index contributed by atoms with van der Waals surface area (Å²) in [6, 6.07) is 0. The predicted molar refractivity (Wildman–Crippen MR) is 37.0 cm³/mol. The van der Waals surface area contributed by atoms with Gasteiger partial charge in [-0.05, 0) is 6.92 Å². The van der Waals surface area contributed by atoms with Crippen LogP contribution in [0.15, 0.2) is 0 Å². The first-order valence-corrected chi connectivity index (χ1v) is 3.03. The van der Waals surface area contributed by atoms with Gasteiger partial charge in [0.05, 0.1) is 0 Å². The van der Waals surface area contributed by atoms with Gasteiger partial charge in [-0.1, -0.05) is 13.8 Å². The summed E-state index contributed by atoms with van der Waals surface area (Å²) in [6.45, 7) is 5.19. The molecule has 0 aromatic rings. The SMILES string of the molecule is CCC(C)=O.CC[C-]=O.[Y]. The second-order valence-corrected chi connectivity index (χ2v) is 1.55. The zero-order chi connectivity index (χ0) is 7.70. The first-order valence-electron chi connectivity index (χ1n) is 3.03. The van der Waals surface area contributed by atoms with Crippen molar-refractivity contribution in [2.45, 2.75) is 33.6 Å². The molecule has 0 aromatic heterocycles. The summed E-state index contributed by atoms with van der Waals surface area (Å²) in [5.41, 5.74) is 0. The average Bonchev–Trinajstić information content (AvgIpc) is 1.89. The van der Waals surface area contributed by atoms with E-state index >= 15 is 0 Å². The third-order valence-corrected chi connectivity index (χ3v) is 0.642. The van der Waals surface area contributed by atoms with Gasteiger partial charge in [0.25, 0.3) is 0 Å². The van der Waals surface area contributed by atoms with Crippen LogP contribution in [0.4, 0.5) is 0 Å². The van der Waals surface area contributed by atoms with Crippen molar-refractivity contribution in [3.63, 3.8) is 0 Å². The molecule has 0 unspecified atom stereocenters. The van der Waals surface area contributed by atoms with Gasteiger partial charge in [0, 0.05) is 39.1 Å². The van der Waals surface area contributed by atoms with Crippen LogP contribution in [0.3, 0.4) is 0 Å². The maximum absolute atomic E-state index is 9.81. The number of Topliss-reactive ketones (excluding diaryl/α,β-unsaturated/α-hetero) is 1. The van der Waals surface area contributed by atoms with Gasteiger partial charge in [-0.2, -0.15) is 6.42 Å². The summed E-state index contributed by atoms with van der Waals surface area (Å²) < 4.78 is 0. The summed E-state index contributed by atoms with van der Waals surface area (Å²) >= 11 is 0. The Bertz CT molecular complexity index is 81.7. The van der Waals surface area contributed by atoms with Crippen LogP contribution in [0.1, 0.15) is 33.6 Å². The zero-order valence-electron chi connectivity index (χ0n) is 6.81. The Morgan fingerprint density at radius 3 is 1.60 bits per heavy atom. The van der Waals surface area contributed by atoms with Crippen LogP contribution in [0, 0.1) is 0 Å². The molecule has 0 N–H and O–H groups in total. The Hall–Kier alpha value is 0.444. The summed E-state index contributed by atoms with van der Waals surface area (Å²) in [4.78, 5) is 18.9. The molecule has 0 bridgehead atoms. The minimum absolute atomic E-state index is 0. The van der Waals surface area contributed by atoms with Crippen molar-refractivity contribution < 1.29 is 42.3 Å². The standard InChI is InChI=1S/C4H8O.C3H5O.Y/c1-3-4(2)5;1-2-3-4;/h3H2,1-2H3;2H2,1H3;/q;-1;. The van der Waals surface area contributed by atoms with Crippen LogP contribution in [-0.4, -0.2) is 12.1 Å². The van der Waals surface area contributed by atoms with Crippen molar-refractivity contribution >= 4 is 12.1 Å². The molecule has 0 amide bonds. The second kappa shape index (κ2) is 16.2. The van der Waals surface area contributed by atoms with E-state index in [2.05, 4.69) is 0 Å². The van der Waals surface area contributed by atoms with E-state index in [9.17, 15) is 4.79 Å². The van der Waals surface area contributed by atoms with E-state index < -0.39 is 0 Å². The molecule has 0 aliphatic rings. The number of hydrogen-bond acceptors (Lipinski definition) is 2. The van der Waals surface area contributed by atoms with Crippen LogP contribution in [0.5, 0.6) is 0 Å². The Balaban J connectivity index is -0.0000000910. The van der Waals surface area contributed by atoms with Gasteiger partial charge < -0.3 is 9.59 Å². The minimum atomic E-state index is 0. The van der Waals surface area contributed by atoms with Crippen molar-refractivity contribution in [3.8, 4) is 0 Å². The van der Waals surface area contributed by atoms with Gasteiger partial charge in [0.15, 0.2) is 0 Å². The molecule has 3 heteroatoms. The van der Waals surface area contributed by atoms with Gasteiger partial charge in [-0.25, -0.2) is 0 Å². The quantitative estimate of drug-likeness (QED) is 0.658. The molecule has 57 valence electrons. The van der Waals surface area contributed by atoms with Crippen LogP contribution >= 0.6 is 0 Å². The number of ketones is 1. The zero-order valence-corrected chi connectivity index (χ0v) is 9.65. The smallest absolute Gasteiger partial charge is 0.129 e. The Morgan fingerprint density at radius 2 is 1.60 bits per heavy atom. The van der Waals surface area contributed by atoms with E-state index in [0.717, 1.165) is 0 Å². The fourth-order valence-corrected chi connectivity index (χ4v) is 0. The van der Waals surface area contributed by atoms with E-state index in [4.69, 9.17) is 4.79 Å². The molecule has 0 fully saturated rings. The van der Waals surface area contributed by atoms with Crippen molar-refractivity contribution in [1.82, 2.24) is 0 Å². The maximum Gasteiger partial charge on any atom is 0.129 e. The normalized spacial score (nSPS) is 6.30. The van der Waals surface area contributed by atoms with Crippen molar-refractivity contribution in [3.05, 3.63) is 0 Å². The van der Waals surface area contributed by atoms with Crippen molar-refractivity contribution in [1.29, 1.82) is 0 Å². The maximum atomic E-state index is 9.81. The van der Waals surface area contributed by atoms with Gasteiger partial charge in [-0.15, -0.1) is 0 Å². The van der Waals surface area contributed by atoms with Gasteiger partial charge in [0.2, 0.25) is 0 Å². The summed E-state index contributed by atoms with van der Waals surface area (Å²) in [5, 5.41) is 0. The van der Waals surface area contributed by atoms with Gasteiger partial charge in [-0.3, -0.25) is 6.29 Å². The molecule has 0 aromatic carbocycles. The summed E-state index contributed by atoms with van der Waals surface area (Å²) in [7, 11) is 0. The van der Waals surface area contributed by atoms with Crippen LogP contribution in [0.2, 0.25) is 0 Å². The van der Waals surface area contributed by atoms with E-state index in [0.29, 0.717) is 12.8 Å². The Morgan fingerprint density at radius 1 is 1.40 bits per heavy atom. The fraction of sp³-hybridized carbons (Fsp3) is 0.714. The van der Waals surface area contributed by atoms with Crippen LogP contribution < -0.4 is 0 Å². The largest absolute Gasteiger partial charge is 0.542 e. The topological polar surface area (TPSA) is 34.1 Å². The van der Waals surface area contributed by atoms with Crippen LogP contribution in [-0.2, 0) is 42.3 Å². The molecule has 0 aliphatic heterocycles. The number of hydrogen-bond donors (Lipinski definition) is 0. The molecule has 0 atom stereocenters. The summed E-state index contributed by atoms with van der Waals surface area (Å²) in [6.07, 6.45) is 2.86. The van der Waals surface area contributed by atoms with Gasteiger partial charge >= 0.3 is 0 Å². The molecule has 0 spiro atoms. The van der Waals surface area contributed by atoms with E-state index in [1.807, 2.05) is 6.92 Å². The molecule has 2 nitrogen and oxygen atoms in total. The predicted octanol–water partition coefficient (Wildman–Crippen LogP) is 1.49. The van der Waals surface area contributed by atoms with E-state index in [1.54, 1.807) is 20.1 Å². The molecule has 0 saturated carbocycles. The first-order chi connectivity index (χ1) is 4.18. The molecule has 1 radical (unpaired) electrons. The number of carbonyl (C=O) groups is 1. The van der Waals surface area contributed by atoms with Crippen molar-refractivity contribution in [2.75, 3.05) is 0 Å². The Kier molecular flexibility index (Phi) is 27.3. The number of rotatable bonds is 2. The fourth-order valence-electron chi connectivity index (χ4n) is 0. The monoisotopic (exact) mass is 218 g/mol.